The molecule has 0 amide bonds. The van der Waals surface area contributed by atoms with Crippen molar-refractivity contribution in [2.75, 3.05) is 7.11 Å². The number of halogens is 4. The molecule has 1 atom stereocenters. The first-order valence-corrected chi connectivity index (χ1v) is 8.17. The summed E-state index contributed by atoms with van der Waals surface area (Å²) in [5, 5.41) is 0.655. The number of carbonyl (C=O) groups excluding carboxylic acids is 1. The molecule has 0 fully saturated rings. The Bertz CT molecular complexity index is 1000. The van der Waals surface area contributed by atoms with Gasteiger partial charge in [-0.25, -0.2) is 9.78 Å². The van der Waals surface area contributed by atoms with Crippen molar-refractivity contribution in [3.63, 3.8) is 0 Å². The van der Waals surface area contributed by atoms with Crippen molar-refractivity contribution in [2.45, 2.75) is 19.2 Å². The Kier molecular flexibility index (Phi) is 5.01. The minimum absolute atomic E-state index is 0.142. The van der Waals surface area contributed by atoms with E-state index in [0.717, 1.165) is 17.6 Å². The molecule has 142 valence electrons. The molecule has 0 saturated carbocycles. The van der Waals surface area contributed by atoms with E-state index < -0.39 is 23.8 Å². The second-order valence-electron chi connectivity index (χ2n) is 5.72. The summed E-state index contributed by atoms with van der Waals surface area (Å²) in [5.41, 5.74) is -0.317. The average Bonchev–Trinajstić information content (AvgIpc) is 3.03. The number of esters is 1. The van der Waals surface area contributed by atoms with Gasteiger partial charge in [0.25, 0.3) is 0 Å². The van der Waals surface area contributed by atoms with Gasteiger partial charge >= 0.3 is 12.1 Å². The Hall–Kier alpha value is -2.74. The van der Waals surface area contributed by atoms with Gasteiger partial charge in [0, 0.05) is 23.8 Å². The highest BCUT2D eigenvalue weighted by atomic mass is 35.5. The zero-order valence-corrected chi connectivity index (χ0v) is 15.0. The van der Waals surface area contributed by atoms with E-state index >= 15 is 0 Å². The standard InChI is InChI=1S/C18H14ClF3N2O3/c1-10(17(25)26-2)27-13-4-3-11-5-6-24(15(11)8-13)16-14(19)7-12(9-23-16)18(20,21)22/h3-10H,1-2H3. The van der Waals surface area contributed by atoms with Crippen molar-refractivity contribution in [1.82, 2.24) is 9.55 Å². The second-order valence-corrected chi connectivity index (χ2v) is 6.12. The summed E-state index contributed by atoms with van der Waals surface area (Å²) >= 11 is 6.04. The summed E-state index contributed by atoms with van der Waals surface area (Å²) in [4.78, 5) is 15.4. The smallest absolute Gasteiger partial charge is 0.417 e. The molecule has 0 spiro atoms. The predicted molar refractivity (Wildman–Crippen MR) is 93.2 cm³/mol. The zero-order valence-electron chi connectivity index (χ0n) is 14.2. The Morgan fingerprint density at radius 3 is 2.63 bits per heavy atom. The van der Waals surface area contributed by atoms with E-state index in [1.165, 1.54) is 7.11 Å². The summed E-state index contributed by atoms with van der Waals surface area (Å²) in [6.07, 6.45) is -2.98. The minimum Gasteiger partial charge on any atom is -0.479 e. The molecule has 0 aliphatic heterocycles. The minimum atomic E-state index is -4.53. The normalized spacial score (nSPS) is 12.8. The summed E-state index contributed by atoms with van der Waals surface area (Å²) in [6, 6.07) is 7.66. The van der Waals surface area contributed by atoms with Crippen LogP contribution in [0.4, 0.5) is 13.2 Å². The molecule has 1 unspecified atom stereocenters. The van der Waals surface area contributed by atoms with Crippen molar-refractivity contribution in [3.8, 4) is 11.6 Å². The maximum absolute atomic E-state index is 12.8. The van der Waals surface area contributed by atoms with Crippen molar-refractivity contribution >= 4 is 28.5 Å². The van der Waals surface area contributed by atoms with E-state index in [1.54, 1.807) is 42.0 Å². The van der Waals surface area contributed by atoms with Gasteiger partial charge in [0.15, 0.2) is 11.9 Å². The molecule has 27 heavy (non-hydrogen) atoms. The second kappa shape index (κ2) is 7.11. The van der Waals surface area contributed by atoms with Gasteiger partial charge < -0.3 is 9.47 Å². The summed E-state index contributed by atoms with van der Waals surface area (Å²) < 4.78 is 50.1. The van der Waals surface area contributed by atoms with Crippen molar-refractivity contribution in [1.29, 1.82) is 0 Å². The topological polar surface area (TPSA) is 53.4 Å². The lowest BCUT2D eigenvalue weighted by molar-refractivity contribution is -0.147. The van der Waals surface area contributed by atoms with Gasteiger partial charge in [0.2, 0.25) is 0 Å². The maximum Gasteiger partial charge on any atom is 0.417 e. The van der Waals surface area contributed by atoms with Gasteiger partial charge in [-0.2, -0.15) is 13.2 Å². The van der Waals surface area contributed by atoms with Gasteiger partial charge in [0.05, 0.1) is 23.2 Å². The quantitative estimate of drug-likeness (QED) is 0.601. The number of hydrogen-bond donors (Lipinski definition) is 0. The van der Waals surface area contributed by atoms with Gasteiger partial charge in [-0.15, -0.1) is 0 Å². The molecule has 1 aromatic carbocycles. The Morgan fingerprint density at radius 1 is 1.26 bits per heavy atom. The molecule has 3 rings (SSSR count). The molecule has 2 heterocycles. The highest BCUT2D eigenvalue weighted by Gasteiger charge is 2.31. The van der Waals surface area contributed by atoms with Gasteiger partial charge in [-0.3, -0.25) is 4.57 Å². The molecule has 9 heteroatoms. The molecular weight excluding hydrogens is 385 g/mol. The molecule has 5 nitrogen and oxygen atoms in total. The fraction of sp³-hybridized carbons (Fsp3) is 0.222. The number of rotatable bonds is 4. The third-order valence-electron chi connectivity index (χ3n) is 3.89. The Morgan fingerprint density at radius 2 is 2.00 bits per heavy atom. The first kappa shape index (κ1) is 19.0. The molecule has 0 saturated heterocycles. The number of alkyl halides is 3. The number of ether oxygens (including phenoxy) is 2. The Labute approximate surface area is 157 Å². The number of hydrogen-bond acceptors (Lipinski definition) is 4. The lowest BCUT2D eigenvalue weighted by atomic mass is 10.2. The van der Waals surface area contributed by atoms with E-state index in [1.807, 2.05) is 0 Å². The van der Waals surface area contributed by atoms with E-state index in [9.17, 15) is 18.0 Å². The zero-order chi connectivity index (χ0) is 19.8. The monoisotopic (exact) mass is 398 g/mol. The van der Waals surface area contributed by atoms with Crippen LogP contribution in [0.5, 0.6) is 5.75 Å². The number of pyridine rings is 1. The van der Waals surface area contributed by atoms with E-state index in [2.05, 4.69) is 9.72 Å². The van der Waals surface area contributed by atoms with E-state index in [4.69, 9.17) is 16.3 Å². The van der Waals surface area contributed by atoms with Crippen molar-refractivity contribution < 1.29 is 27.4 Å². The van der Waals surface area contributed by atoms with Crippen LogP contribution in [0.15, 0.2) is 42.7 Å². The number of aromatic nitrogens is 2. The average molecular weight is 399 g/mol. The Balaban J connectivity index is 2.01. The van der Waals surface area contributed by atoms with Crippen molar-refractivity contribution in [3.05, 3.63) is 53.3 Å². The SMILES string of the molecule is COC(=O)C(C)Oc1ccc2ccn(-c3ncc(C(F)(F)F)cc3Cl)c2c1. The highest BCUT2D eigenvalue weighted by molar-refractivity contribution is 6.32. The highest BCUT2D eigenvalue weighted by Crippen LogP contribution is 2.33. The molecule has 3 aromatic rings. The van der Waals surface area contributed by atoms with Crippen LogP contribution in [0, 0.1) is 0 Å². The number of nitrogens with zero attached hydrogens (tertiary/aromatic N) is 2. The van der Waals surface area contributed by atoms with Crippen LogP contribution >= 0.6 is 11.6 Å². The van der Waals surface area contributed by atoms with Gasteiger partial charge in [0.1, 0.15) is 5.75 Å². The summed E-state index contributed by atoms with van der Waals surface area (Å²) in [7, 11) is 1.26. The third-order valence-corrected chi connectivity index (χ3v) is 4.17. The van der Waals surface area contributed by atoms with Crippen LogP contribution in [-0.4, -0.2) is 28.7 Å². The number of benzene rings is 1. The third kappa shape index (κ3) is 3.85. The van der Waals surface area contributed by atoms with Crippen LogP contribution in [-0.2, 0) is 15.7 Å². The van der Waals surface area contributed by atoms with Gasteiger partial charge in [-0.1, -0.05) is 11.6 Å². The molecule has 0 bridgehead atoms. The lowest BCUT2D eigenvalue weighted by Gasteiger charge is -2.13. The fourth-order valence-corrected chi connectivity index (χ4v) is 2.80. The molecule has 0 radical (unpaired) electrons. The van der Waals surface area contributed by atoms with Gasteiger partial charge in [-0.05, 0) is 31.2 Å². The number of carbonyl (C=O) groups is 1. The first-order valence-electron chi connectivity index (χ1n) is 7.79. The largest absolute Gasteiger partial charge is 0.479 e. The molecule has 2 aromatic heterocycles. The molecular formula is C18H14ClF3N2O3. The predicted octanol–water partition coefficient (Wildman–Crippen LogP) is 4.64. The van der Waals surface area contributed by atoms with Crippen LogP contribution in [0.1, 0.15) is 12.5 Å². The summed E-state index contributed by atoms with van der Waals surface area (Å²) in [5.74, 6) is 0.0131. The molecule has 0 aliphatic rings. The number of fused-ring (bicyclic) bond motifs is 1. The fourth-order valence-electron chi connectivity index (χ4n) is 2.55. The number of methoxy groups -OCH3 is 1. The van der Waals surface area contributed by atoms with E-state index in [0.29, 0.717) is 11.3 Å². The lowest BCUT2D eigenvalue weighted by Crippen LogP contribution is -2.24. The summed E-state index contributed by atoms with van der Waals surface area (Å²) in [6.45, 7) is 1.55. The van der Waals surface area contributed by atoms with Crippen LogP contribution in [0.3, 0.4) is 0 Å². The van der Waals surface area contributed by atoms with Crippen LogP contribution in [0.25, 0.3) is 16.7 Å². The molecule has 0 N–H and O–H groups in total. The first-order chi connectivity index (χ1) is 12.7. The van der Waals surface area contributed by atoms with E-state index in [-0.39, 0.29) is 10.8 Å². The maximum atomic E-state index is 12.8. The van der Waals surface area contributed by atoms with Crippen LogP contribution < -0.4 is 4.74 Å². The molecule has 0 aliphatic carbocycles. The van der Waals surface area contributed by atoms with Crippen LogP contribution in [0.2, 0.25) is 5.02 Å². The van der Waals surface area contributed by atoms with Crippen molar-refractivity contribution in [2.24, 2.45) is 0 Å².